The summed E-state index contributed by atoms with van der Waals surface area (Å²) in [7, 11) is 0. The fourth-order valence-corrected chi connectivity index (χ4v) is 1.65. The number of aromatic nitrogens is 4. The van der Waals surface area contributed by atoms with Gasteiger partial charge < -0.3 is 10.2 Å². The Labute approximate surface area is 104 Å². The highest BCUT2D eigenvalue weighted by molar-refractivity contribution is 5.39. The summed E-state index contributed by atoms with van der Waals surface area (Å²) in [4.78, 5) is 8.67. The van der Waals surface area contributed by atoms with Gasteiger partial charge in [-0.1, -0.05) is 0 Å². The van der Waals surface area contributed by atoms with Crippen molar-refractivity contribution >= 4 is 5.82 Å². The van der Waals surface area contributed by atoms with Gasteiger partial charge in [0.15, 0.2) is 0 Å². The number of hydrogen-bond acceptors (Lipinski definition) is 6. The van der Waals surface area contributed by atoms with Crippen molar-refractivity contribution in [2.75, 3.05) is 5.43 Å². The number of anilines is 1. The van der Waals surface area contributed by atoms with Crippen LogP contribution < -0.4 is 16.0 Å². The molecule has 1 aliphatic carbocycles. The van der Waals surface area contributed by atoms with Crippen LogP contribution in [-0.2, 0) is 0 Å². The quantitative estimate of drug-likeness (QED) is 0.557. The van der Waals surface area contributed by atoms with Gasteiger partial charge in [-0.15, -0.1) is 5.10 Å². The van der Waals surface area contributed by atoms with E-state index in [-0.39, 0.29) is 0 Å². The average molecular weight is 246 g/mol. The molecule has 0 bridgehead atoms. The molecule has 0 saturated heterocycles. The number of ether oxygens (including phenoxy) is 1. The SMILES string of the molecule is Cc1cc(Oc2cc(NN)nc(C3CC3)n2)n[nH]1. The van der Waals surface area contributed by atoms with Crippen LogP contribution in [0, 0.1) is 6.92 Å². The van der Waals surface area contributed by atoms with Gasteiger partial charge in [0, 0.05) is 23.7 Å². The van der Waals surface area contributed by atoms with Gasteiger partial charge in [-0.25, -0.2) is 10.8 Å². The van der Waals surface area contributed by atoms with E-state index >= 15 is 0 Å². The summed E-state index contributed by atoms with van der Waals surface area (Å²) in [6.45, 7) is 1.91. The molecule has 0 amide bonds. The molecule has 4 N–H and O–H groups in total. The molecule has 7 heteroatoms. The van der Waals surface area contributed by atoms with Crippen LogP contribution in [0.4, 0.5) is 5.82 Å². The molecule has 1 fully saturated rings. The minimum atomic E-state index is 0.432. The van der Waals surface area contributed by atoms with Crippen molar-refractivity contribution in [3.8, 4) is 11.8 Å². The second kappa shape index (κ2) is 4.26. The van der Waals surface area contributed by atoms with Crippen molar-refractivity contribution < 1.29 is 4.74 Å². The molecule has 0 aromatic carbocycles. The smallest absolute Gasteiger partial charge is 0.240 e. The fourth-order valence-electron chi connectivity index (χ4n) is 1.65. The maximum absolute atomic E-state index is 5.57. The molecule has 94 valence electrons. The Balaban J connectivity index is 1.88. The Morgan fingerprint density at radius 1 is 1.33 bits per heavy atom. The molecule has 2 aromatic heterocycles. The first kappa shape index (κ1) is 11.0. The molecule has 0 atom stereocenters. The largest absolute Gasteiger partial charge is 0.419 e. The number of hydrazine groups is 1. The third-order valence-electron chi connectivity index (χ3n) is 2.70. The topological polar surface area (TPSA) is 102 Å². The number of rotatable bonds is 4. The lowest BCUT2D eigenvalue weighted by molar-refractivity contribution is 0.440. The van der Waals surface area contributed by atoms with Crippen LogP contribution in [0.1, 0.15) is 30.3 Å². The first-order valence-electron chi connectivity index (χ1n) is 5.80. The van der Waals surface area contributed by atoms with Gasteiger partial charge in [-0.3, -0.25) is 5.10 Å². The lowest BCUT2D eigenvalue weighted by atomic mass is 10.4. The van der Waals surface area contributed by atoms with Gasteiger partial charge in [0.25, 0.3) is 0 Å². The van der Waals surface area contributed by atoms with Gasteiger partial charge in [0.05, 0.1) is 0 Å². The third kappa shape index (κ3) is 2.25. The number of nitrogen functional groups attached to an aromatic ring is 1. The molecule has 7 nitrogen and oxygen atoms in total. The number of hydrogen-bond donors (Lipinski definition) is 3. The van der Waals surface area contributed by atoms with Gasteiger partial charge in [-0.2, -0.15) is 4.98 Å². The van der Waals surface area contributed by atoms with Crippen molar-refractivity contribution in [2.45, 2.75) is 25.7 Å². The Kier molecular flexibility index (Phi) is 2.60. The molecular formula is C11H14N6O. The Morgan fingerprint density at radius 3 is 2.78 bits per heavy atom. The zero-order valence-electron chi connectivity index (χ0n) is 9.97. The summed E-state index contributed by atoms with van der Waals surface area (Å²) in [5.41, 5.74) is 3.45. The normalized spacial score (nSPS) is 14.6. The monoisotopic (exact) mass is 246 g/mol. The summed E-state index contributed by atoms with van der Waals surface area (Å²) in [5, 5.41) is 6.81. The Bertz CT molecular complexity index is 562. The van der Waals surface area contributed by atoms with Crippen LogP contribution in [0.2, 0.25) is 0 Å². The summed E-state index contributed by atoms with van der Waals surface area (Å²) < 4.78 is 5.57. The lowest BCUT2D eigenvalue weighted by Gasteiger charge is -2.06. The fraction of sp³-hybridized carbons (Fsp3) is 0.364. The minimum absolute atomic E-state index is 0.432. The van der Waals surface area contributed by atoms with Crippen molar-refractivity contribution in [1.29, 1.82) is 0 Å². The molecule has 2 aromatic rings. The summed E-state index contributed by atoms with van der Waals surface area (Å²) >= 11 is 0. The maximum Gasteiger partial charge on any atom is 0.240 e. The summed E-state index contributed by atoms with van der Waals surface area (Å²) in [6.07, 6.45) is 2.24. The van der Waals surface area contributed by atoms with E-state index in [9.17, 15) is 0 Å². The number of aryl methyl sites for hydroxylation is 1. The molecule has 0 aliphatic heterocycles. The van der Waals surface area contributed by atoms with Gasteiger partial charge in [0.1, 0.15) is 11.6 Å². The maximum atomic E-state index is 5.57. The van der Waals surface area contributed by atoms with Crippen molar-refractivity contribution in [2.24, 2.45) is 5.84 Å². The highest BCUT2D eigenvalue weighted by Crippen LogP contribution is 2.39. The van der Waals surface area contributed by atoms with Crippen molar-refractivity contribution in [3.63, 3.8) is 0 Å². The van der Waals surface area contributed by atoms with Crippen LogP contribution in [0.25, 0.3) is 0 Å². The molecular weight excluding hydrogens is 232 g/mol. The highest BCUT2D eigenvalue weighted by Gasteiger charge is 2.27. The van der Waals surface area contributed by atoms with Gasteiger partial charge >= 0.3 is 0 Å². The lowest BCUT2D eigenvalue weighted by Crippen LogP contribution is -2.10. The zero-order chi connectivity index (χ0) is 12.5. The average Bonchev–Trinajstić information content (AvgIpc) is 3.14. The predicted octanol–water partition coefficient (Wildman–Crippen LogP) is 1.46. The summed E-state index contributed by atoms with van der Waals surface area (Å²) in [6, 6.07) is 3.45. The first-order valence-corrected chi connectivity index (χ1v) is 5.80. The van der Waals surface area contributed by atoms with E-state index in [1.54, 1.807) is 12.1 Å². The number of aromatic amines is 1. The van der Waals surface area contributed by atoms with Gasteiger partial charge in [-0.05, 0) is 19.8 Å². The van der Waals surface area contributed by atoms with E-state index in [1.165, 1.54) is 0 Å². The number of H-pyrrole nitrogens is 1. The highest BCUT2D eigenvalue weighted by atomic mass is 16.5. The van der Waals surface area contributed by atoms with Crippen LogP contribution in [0.5, 0.6) is 11.8 Å². The Hall–Kier alpha value is -2.15. The molecule has 2 heterocycles. The Morgan fingerprint density at radius 2 is 2.17 bits per heavy atom. The van der Waals surface area contributed by atoms with Crippen molar-refractivity contribution in [3.05, 3.63) is 23.7 Å². The summed E-state index contributed by atoms with van der Waals surface area (Å²) in [5.74, 6) is 8.07. The second-order valence-electron chi connectivity index (χ2n) is 4.36. The molecule has 1 aliphatic rings. The van der Waals surface area contributed by atoms with Crippen LogP contribution in [-0.4, -0.2) is 20.2 Å². The molecule has 1 saturated carbocycles. The standard InChI is InChI=1S/C11H14N6O/c1-6-4-10(17-16-6)18-9-5-8(15-12)13-11(14-9)7-2-3-7/h4-5,7H,2-3,12H2,1H3,(H,16,17)(H,13,14,15). The van der Waals surface area contributed by atoms with Crippen LogP contribution >= 0.6 is 0 Å². The molecule has 18 heavy (non-hydrogen) atoms. The zero-order valence-corrected chi connectivity index (χ0v) is 9.97. The second-order valence-corrected chi connectivity index (χ2v) is 4.36. The number of nitrogens with two attached hydrogens (primary N) is 1. The number of nitrogens with zero attached hydrogens (tertiary/aromatic N) is 3. The first-order chi connectivity index (χ1) is 8.74. The van der Waals surface area contributed by atoms with E-state index in [2.05, 4.69) is 25.6 Å². The molecule has 0 spiro atoms. The van der Waals surface area contributed by atoms with E-state index in [4.69, 9.17) is 10.6 Å². The van der Waals surface area contributed by atoms with Crippen LogP contribution in [0.15, 0.2) is 12.1 Å². The third-order valence-corrected chi connectivity index (χ3v) is 2.70. The van der Waals surface area contributed by atoms with E-state index in [0.717, 1.165) is 24.4 Å². The van der Waals surface area contributed by atoms with Crippen molar-refractivity contribution in [1.82, 2.24) is 20.2 Å². The molecule has 0 unspecified atom stereocenters. The van der Waals surface area contributed by atoms with E-state index in [0.29, 0.717) is 23.5 Å². The van der Waals surface area contributed by atoms with E-state index in [1.807, 2.05) is 6.92 Å². The van der Waals surface area contributed by atoms with Gasteiger partial charge in [0.2, 0.25) is 11.8 Å². The number of nitrogens with one attached hydrogen (secondary N) is 2. The minimum Gasteiger partial charge on any atom is -0.419 e. The van der Waals surface area contributed by atoms with Crippen LogP contribution in [0.3, 0.4) is 0 Å². The predicted molar refractivity (Wildman–Crippen MR) is 65.2 cm³/mol. The van der Waals surface area contributed by atoms with E-state index < -0.39 is 0 Å². The molecule has 3 rings (SSSR count). The molecule has 0 radical (unpaired) electrons.